The number of carboxylic acid groups (broad SMARTS) is 1. The van der Waals surface area contributed by atoms with Crippen LogP contribution in [0.15, 0.2) is 36.4 Å². The maximum atomic E-state index is 13.2. The lowest BCUT2D eigenvalue weighted by Gasteiger charge is -2.45. The van der Waals surface area contributed by atoms with Gasteiger partial charge >= 0.3 is 12.1 Å². The van der Waals surface area contributed by atoms with Crippen LogP contribution in [0.1, 0.15) is 48.9 Å². The van der Waals surface area contributed by atoms with Crippen LogP contribution >= 0.6 is 0 Å². The Morgan fingerprint density at radius 1 is 1.00 bits per heavy atom. The Balaban J connectivity index is 0.000000429. The molecule has 0 radical (unpaired) electrons. The Morgan fingerprint density at radius 3 is 2.26 bits per heavy atom. The highest BCUT2D eigenvalue weighted by Crippen LogP contribution is 2.33. The summed E-state index contributed by atoms with van der Waals surface area (Å²) in [4.78, 5) is 35.0. The number of amides is 2. The van der Waals surface area contributed by atoms with Gasteiger partial charge < -0.3 is 25.8 Å². The summed E-state index contributed by atoms with van der Waals surface area (Å²) in [5, 5.41) is 16.8. The third-order valence-electron chi connectivity index (χ3n) is 6.57. The average Bonchev–Trinajstić information content (AvgIpc) is 2.79. The van der Waals surface area contributed by atoms with Gasteiger partial charge in [-0.05, 0) is 31.4 Å². The molecule has 0 aromatic heterocycles. The highest BCUT2D eigenvalue weighted by Gasteiger charge is 2.46. The van der Waals surface area contributed by atoms with Crippen molar-refractivity contribution < 1.29 is 37.4 Å². The molecular formula is C24H30F3N3O5. The van der Waals surface area contributed by atoms with Crippen molar-refractivity contribution in [3.63, 3.8) is 0 Å². The molecular weight excluding hydrogens is 467 g/mol. The number of aliphatic carboxylic acids is 1. The number of ether oxygens (including phenoxy) is 1. The number of benzene rings is 1. The zero-order chi connectivity index (χ0) is 25.5. The maximum Gasteiger partial charge on any atom is 0.490 e. The van der Waals surface area contributed by atoms with Gasteiger partial charge in [-0.1, -0.05) is 43.5 Å². The fraction of sp³-hybridized carbons (Fsp3) is 0.542. The van der Waals surface area contributed by atoms with E-state index in [-0.39, 0.29) is 17.4 Å². The summed E-state index contributed by atoms with van der Waals surface area (Å²) in [6, 6.07) is 7.31. The van der Waals surface area contributed by atoms with Gasteiger partial charge in [-0.25, -0.2) is 4.79 Å². The van der Waals surface area contributed by atoms with E-state index < -0.39 is 17.6 Å². The van der Waals surface area contributed by atoms with E-state index in [1.807, 2.05) is 30.4 Å². The summed E-state index contributed by atoms with van der Waals surface area (Å²) in [5.74, 6) is -2.22. The topological polar surface area (TPSA) is 117 Å². The van der Waals surface area contributed by atoms with Gasteiger partial charge in [0.15, 0.2) is 0 Å². The van der Waals surface area contributed by atoms with Crippen molar-refractivity contribution in [2.45, 2.75) is 50.2 Å². The van der Waals surface area contributed by atoms with Crippen molar-refractivity contribution in [3.05, 3.63) is 42.0 Å². The van der Waals surface area contributed by atoms with Crippen molar-refractivity contribution in [2.75, 3.05) is 26.2 Å². The van der Waals surface area contributed by atoms with Crippen molar-refractivity contribution in [1.29, 1.82) is 0 Å². The highest BCUT2D eigenvalue weighted by atomic mass is 19.4. The van der Waals surface area contributed by atoms with Gasteiger partial charge in [-0.3, -0.25) is 9.59 Å². The van der Waals surface area contributed by atoms with E-state index in [1.54, 1.807) is 6.07 Å². The van der Waals surface area contributed by atoms with Crippen LogP contribution in [0, 0.1) is 5.41 Å². The second-order valence-electron chi connectivity index (χ2n) is 9.15. The molecule has 1 aromatic rings. The maximum absolute atomic E-state index is 13.2. The van der Waals surface area contributed by atoms with Crippen LogP contribution in [0.5, 0.6) is 5.75 Å². The third kappa shape index (κ3) is 6.74. The van der Waals surface area contributed by atoms with Crippen molar-refractivity contribution in [2.24, 2.45) is 5.41 Å². The number of carboxylic acids is 1. The number of para-hydroxylation sites is 1. The SMILES string of the molecule is O=C(O)C(F)(F)F.O=C1NCC2(CCCCC2)NC(=O)C2(C/C=C\COc3ccccc31)CNC2. The monoisotopic (exact) mass is 497 g/mol. The van der Waals surface area contributed by atoms with Gasteiger partial charge in [0.05, 0.1) is 16.5 Å². The number of carbonyl (C=O) groups excluding carboxylic acids is 2. The number of nitrogens with one attached hydrogen (secondary N) is 3. The standard InChI is InChI=1S/C22H29N3O3.C2HF3O2/c26-19-17-8-2-3-9-18(17)28-13-7-6-10-21(14-23-15-21)20(27)25-22(16-24-19)11-4-1-5-12-22;3-2(4,5)1(6)7/h2-3,6-9,23H,1,4-5,10-16H2,(H,24,26)(H,25,27);(H,6,7)/b7-6-;. The molecule has 2 heterocycles. The molecule has 3 aliphatic rings. The molecule has 8 nitrogen and oxygen atoms in total. The Labute approximate surface area is 201 Å². The predicted octanol–water partition coefficient (Wildman–Crippen LogP) is 2.80. The van der Waals surface area contributed by atoms with Crippen LogP contribution in [0.4, 0.5) is 13.2 Å². The first-order valence-electron chi connectivity index (χ1n) is 11.6. The van der Waals surface area contributed by atoms with Crippen LogP contribution < -0.4 is 20.7 Å². The summed E-state index contributed by atoms with van der Waals surface area (Å²) >= 11 is 0. The van der Waals surface area contributed by atoms with Gasteiger partial charge in [0, 0.05) is 19.6 Å². The van der Waals surface area contributed by atoms with Crippen LogP contribution in [-0.4, -0.2) is 60.8 Å². The quantitative estimate of drug-likeness (QED) is 0.410. The lowest BCUT2D eigenvalue weighted by molar-refractivity contribution is -0.192. The van der Waals surface area contributed by atoms with E-state index >= 15 is 0 Å². The molecule has 1 saturated heterocycles. The van der Waals surface area contributed by atoms with E-state index in [0.29, 0.717) is 44.0 Å². The van der Waals surface area contributed by atoms with E-state index in [2.05, 4.69) is 16.0 Å². The van der Waals surface area contributed by atoms with Gasteiger partial charge in [0.2, 0.25) is 5.91 Å². The zero-order valence-electron chi connectivity index (χ0n) is 19.2. The lowest BCUT2D eigenvalue weighted by atomic mass is 9.75. The van der Waals surface area contributed by atoms with Crippen LogP contribution in [0.25, 0.3) is 0 Å². The fourth-order valence-corrected chi connectivity index (χ4v) is 4.41. The molecule has 2 aliphatic heterocycles. The summed E-state index contributed by atoms with van der Waals surface area (Å²) in [7, 11) is 0. The minimum absolute atomic E-state index is 0.102. The second kappa shape index (κ2) is 11.1. The molecule has 1 saturated carbocycles. The molecule has 192 valence electrons. The molecule has 0 atom stereocenters. The van der Waals surface area contributed by atoms with Crippen molar-refractivity contribution in [3.8, 4) is 5.75 Å². The molecule has 2 fully saturated rings. The summed E-state index contributed by atoms with van der Waals surface area (Å²) in [6.07, 6.45) is 4.69. The van der Waals surface area contributed by atoms with E-state index in [1.165, 1.54) is 6.42 Å². The molecule has 0 bridgehead atoms. The molecule has 0 unspecified atom stereocenters. The first-order chi connectivity index (χ1) is 16.6. The number of carbonyl (C=O) groups is 3. The van der Waals surface area contributed by atoms with Crippen molar-refractivity contribution in [1.82, 2.24) is 16.0 Å². The molecule has 4 rings (SSSR count). The fourth-order valence-electron chi connectivity index (χ4n) is 4.41. The molecule has 2 spiro atoms. The molecule has 4 N–H and O–H groups in total. The molecule has 1 aliphatic carbocycles. The van der Waals surface area contributed by atoms with Gasteiger partial charge in [-0.2, -0.15) is 13.2 Å². The number of rotatable bonds is 0. The number of alkyl halides is 3. The van der Waals surface area contributed by atoms with Gasteiger partial charge in [0.1, 0.15) is 12.4 Å². The Bertz CT molecular complexity index is 954. The Morgan fingerprint density at radius 2 is 1.66 bits per heavy atom. The van der Waals surface area contributed by atoms with E-state index in [0.717, 1.165) is 25.7 Å². The summed E-state index contributed by atoms with van der Waals surface area (Å²) < 4.78 is 37.6. The number of hydrogen-bond acceptors (Lipinski definition) is 5. The van der Waals surface area contributed by atoms with E-state index in [4.69, 9.17) is 14.6 Å². The minimum Gasteiger partial charge on any atom is -0.489 e. The highest BCUT2D eigenvalue weighted by molar-refractivity contribution is 5.97. The number of allylic oxidation sites excluding steroid dienone is 1. The molecule has 35 heavy (non-hydrogen) atoms. The first-order valence-corrected chi connectivity index (χ1v) is 11.6. The Hall–Kier alpha value is -3.08. The number of fused-ring (bicyclic) bond motifs is 1. The van der Waals surface area contributed by atoms with Gasteiger partial charge in [-0.15, -0.1) is 0 Å². The van der Waals surface area contributed by atoms with Crippen LogP contribution in [0.3, 0.4) is 0 Å². The second-order valence-corrected chi connectivity index (χ2v) is 9.15. The number of hydrogen-bond donors (Lipinski definition) is 4. The smallest absolute Gasteiger partial charge is 0.489 e. The number of halogens is 3. The summed E-state index contributed by atoms with van der Waals surface area (Å²) in [5.41, 5.74) is -0.227. The van der Waals surface area contributed by atoms with Crippen LogP contribution in [-0.2, 0) is 9.59 Å². The normalized spacial score (nSPS) is 22.6. The molecule has 2 amide bonds. The molecule has 1 aromatic carbocycles. The summed E-state index contributed by atoms with van der Waals surface area (Å²) in [6.45, 7) is 2.20. The predicted molar refractivity (Wildman–Crippen MR) is 121 cm³/mol. The third-order valence-corrected chi connectivity index (χ3v) is 6.57. The average molecular weight is 498 g/mol. The first kappa shape index (κ1) is 26.5. The lowest BCUT2D eigenvalue weighted by Crippen LogP contribution is -2.66. The van der Waals surface area contributed by atoms with Crippen molar-refractivity contribution >= 4 is 17.8 Å². The van der Waals surface area contributed by atoms with Crippen LogP contribution in [0.2, 0.25) is 0 Å². The minimum atomic E-state index is -5.08. The molecule has 11 heteroatoms. The van der Waals surface area contributed by atoms with Gasteiger partial charge in [0.25, 0.3) is 5.91 Å². The van der Waals surface area contributed by atoms with E-state index in [9.17, 15) is 22.8 Å². The largest absolute Gasteiger partial charge is 0.490 e. The Kier molecular flexibility index (Phi) is 8.42. The zero-order valence-corrected chi connectivity index (χ0v) is 19.2.